The maximum Gasteiger partial charge on any atom is 0.333 e. The van der Waals surface area contributed by atoms with Crippen LogP contribution >= 0.6 is 0 Å². The van der Waals surface area contributed by atoms with Gasteiger partial charge in [0.25, 0.3) is 10.1 Å². The molecular formula is C18H28O9S. The summed E-state index contributed by atoms with van der Waals surface area (Å²) in [4.78, 5) is 35.1. The topological polar surface area (TPSA) is 133 Å². The Morgan fingerprint density at radius 3 is 1.75 bits per heavy atom. The van der Waals surface area contributed by atoms with E-state index in [9.17, 15) is 22.8 Å². The van der Waals surface area contributed by atoms with Gasteiger partial charge >= 0.3 is 17.9 Å². The predicted octanol–water partition coefficient (Wildman–Crippen LogP) is 1.83. The lowest BCUT2D eigenvalue weighted by molar-refractivity contribution is -0.158. The second kappa shape index (κ2) is 13.1. The van der Waals surface area contributed by atoms with Crippen molar-refractivity contribution in [3.63, 3.8) is 0 Å². The van der Waals surface area contributed by atoms with Crippen molar-refractivity contribution in [3.8, 4) is 0 Å². The maximum atomic E-state index is 12.2. The molecule has 160 valence electrons. The van der Waals surface area contributed by atoms with E-state index in [-0.39, 0.29) is 36.7 Å². The fraction of sp³-hybridized carbons (Fsp3) is 0.611. The number of unbranched alkanes of at least 4 members (excludes halogenated alkanes) is 3. The molecule has 0 atom stereocenters. The van der Waals surface area contributed by atoms with Crippen LogP contribution in [0.25, 0.3) is 0 Å². The normalized spacial score (nSPS) is 11.0. The Balaban J connectivity index is 4.40. The minimum Gasteiger partial charge on any atom is -0.465 e. The van der Waals surface area contributed by atoms with Gasteiger partial charge < -0.3 is 14.2 Å². The fourth-order valence-corrected chi connectivity index (χ4v) is 2.38. The van der Waals surface area contributed by atoms with Gasteiger partial charge in [-0.05, 0) is 26.7 Å². The van der Waals surface area contributed by atoms with E-state index in [2.05, 4.69) is 13.2 Å². The Morgan fingerprint density at radius 1 is 0.857 bits per heavy atom. The average molecular weight is 420 g/mol. The highest BCUT2D eigenvalue weighted by Crippen LogP contribution is 2.08. The quantitative estimate of drug-likeness (QED) is 0.147. The Bertz CT molecular complexity index is 649. The molecule has 0 aromatic heterocycles. The van der Waals surface area contributed by atoms with E-state index in [1.54, 1.807) is 0 Å². The molecule has 0 bridgehead atoms. The average Bonchev–Trinajstić information content (AvgIpc) is 2.58. The third-order valence-electron chi connectivity index (χ3n) is 3.40. The summed E-state index contributed by atoms with van der Waals surface area (Å²) in [5, 5.41) is 0. The lowest BCUT2D eigenvalue weighted by atomic mass is 10.1. The largest absolute Gasteiger partial charge is 0.465 e. The summed E-state index contributed by atoms with van der Waals surface area (Å²) in [5.74, 6) is -3.35. The zero-order valence-electron chi connectivity index (χ0n) is 16.3. The highest BCUT2D eigenvalue weighted by Gasteiger charge is 2.24. The molecule has 0 amide bonds. The molecule has 0 aliphatic carbocycles. The van der Waals surface area contributed by atoms with Crippen molar-refractivity contribution in [3.05, 3.63) is 24.3 Å². The van der Waals surface area contributed by atoms with Gasteiger partial charge in [0.15, 0.2) is 0 Å². The van der Waals surface area contributed by atoms with E-state index in [0.717, 1.165) is 0 Å². The van der Waals surface area contributed by atoms with Gasteiger partial charge in [0.1, 0.15) is 19.1 Å². The standard InChI is InChI=1S/C18H28O9S/c1-13(2)16(19)26-11-15(12-27-17(20)14(3)4)18(21)25-9-7-5-6-8-10-28(22,23)24/h15H,1,3,5-12H2,2,4H3,(H,22,23,24). The van der Waals surface area contributed by atoms with Crippen molar-refractivity contribution < 1.29 is 41.6 Å². The molecule has 0 spiro atoms. The highest BCUT2D eigenvalue weighted by molar-refractivity contribution is 7.85. The summed E-state index contributed by atoms with van der Waals surface area (Å²) in [7, 11) is -3.96. The van der Waals surface area contributed by atoms with Crippen LogP contribution in [0.2, 0.25) is 0 Å². The summed E-state index contributed by atoms with van der Waals surface area (Å²) < 4.78 is 44.8. The van der Waals surface area contributed by atoms with Crippen LogP contribution in [0.4, 0.5) is 0 Å². The minimum absolute atomic E-state index is 0.0735. The first-order chi connectivity index (χ1) is 12.9. The number of carbonyl (C=O) groups is 3. The van der Waals surface area contributed by atoms with Gasteiger partial charge in [-0.1, -0.05) is 26.0 Å². The summed E-state index contributed by atoms with van der Waals surface area (Å²) in [6.07, 6.45) is 1.94. The van der Waals surface area contributed by atoms with Crippen molar-refractivity contribution in [2.45, 2.75) is 39.5 Å². The van der Waals surface area contributed by atoms with E-state index in [0.29, 0.717) is 25.7 Å². The lowest BCUT2D eigenvalue weighted by Gasteiger charge is -2.16. The number of carbonyl (C=O) groups excluding carboxylic acids is 3. The van der Waals surface area contributed by atoms with Crippen LogP contribution < -0.4 is 0 Å². The van der Waals surface area contributed by atoms with Crippen LogP contribution in [-0.2, 0) is 38.7 Å². The van der Waals surface area contributed by atoms with Crippen LogP contribution in [0.1, 0.15) is 39.5 Å². The van der Waals surface area contributed by atoms with Gasteiger partial charge in [0.05, 0.1) is 12.4 Å². The molecule has 0 aliphatic heterocycles. The molecule has 28 heavy (non-hydrogen) atoms. The molecule has 10 heteroatoms. The van der Waals surface area contributed by atoms with Crippen molar-refractivity contribution >= 4 is 28.0 Å². The van der Waals surface area contributed by atoms with E-state index in [1.165, 1.54) is 13.8 Å². The summed E-state index contributed by atoms with van der Waals surface area (Å²) >= 11 is 0. The second-order valence-corrected chi connectivity index (χ2v) is 7.89. The Hall–Kier alpha value is -2.20. The molecule has 0 aromatic rings. The third kappa shape index (κ3) is 13.0. The molecule has 0 rings (SSSR count). The first kappa shape index (κ1) is 25.8. The Kier molecular flexibility index (Phi) is 12.0. The monoisotopic (exact) mass is 420 g/mol. The van der Waals surface area contributed by atoms with Crippen molar-refractivity contribution in [1.82, 2.24) is 0 Å². The highest BCUT2D eigenvalue weighted by atomic mass is 32.2. The van der Waals surface area contributed by atoms with Crippen molar-refractivity contribution in [1.29, 1.82) is 0 Å². The van der Waals surface area contributed by atoms with E-state index < -0.39 is 33.9 Å². The van der Waals surface area contributed by atoms with Crippen LogP contribution in [-0.4, -0.2) is 56.5 Å². The molecule has 0 radical (unpaired) electrons. The summed E-state index contributed by atoms with van der Waals surface area (Å²) in [6, 6.07) is 0. The van der Waals surface area contributed by atoms with Crippen LogP contribution in [0.5, 0.6) is 0 Å². The zero-order valence-corrected chi connectivity index (χ0v) is 17.1. The maximum absolute atomic E-state index is 12.2. The van der Waals surface area contributed by atoms with E-state index >= 15 is 0 Å². The molecule has 0 aliphatic rings. The molecule has 0 unspecified atom stereocenters. The zero-order chi connectivity index (χ0) is 21.7. The number of hydrogen-bond acceptors (Lipinski definition) is 8. The molecule has 0 heterocycles. The molecule has 0 saturated heterocycles. The smallest absolute Gasteiger partial charge is 0.333 e. The number of rotatable bonds is 14. The van der Waals surface area contributed by atoms with Gasteiger partial charge in [-0.2, -0.15) is 8.42 Å². The Labute approximate surface area is 165 Å². The lowest BCUT2D eigenvalue weighted by Crippen LogP contribution is -2.30. The predicted molar refractivity (Wildman–Crippen MR) is 101 cm³/mol. The van der Waals surface area contributed by atoms with Crippen LogP contribution in [0, 0.1) is 5.92 Å². The van der Waals surface area contributed by atoms with Crippen molar-refractivity contribution in [2.24, 2.45) is 5.92 Å². The SMILES string of the molecule is C=C(C)C(=O)OCC(COC(=O)C(=C)C)C(=O)OCCCCCCS(=O)(=O)O. The molecule has 9 nitrogen and oxygen atoms in total. The first-order valence-corrected chi connectivity index (χ1v) is 10.3. The van der Waals surface area contributed by atoms with Gasteiger partial charge in [-0.25, -0.2) is 9.59 Å². The minimum atomic E-state index is -3.96. The number of hydrogen-bond donors (Lipinski definition) is 1. The molecular weight excluding hydrogens is 392 g/mol. The van der Waals surface area contributed by atoms with Crippen LogP contribution in [0.3, 0.4) is 0 Å². The van der Waals surface area contributed by atoms with Gasteiger partial charge in [-0.3, -0.25) is 9.35 Å². The fourth-order valence-electron chi connectivity index (χ4n) is 1.81. The molecule has 0 fully saturated rings. The second-order valence-electron chi connectivity index (χ2n) is 6.32. The Morgan fingerprint density at radius 2 is 1.32 bits per heavy atom. The molecule has 0 aromatic carbocycles. The molecule has 0 saturated carbocycles. The third-order valence-corrected chi connectivity index (χ3v) is 4.21. The van der Waals surface area contributed by atoms with Gasteiger partial charge in [0, 0.05) is 11.1 Å². The van der Waals surface area contributed by atoms with Crippen molar-refractivity contribution in [2.75, 3.05) is 25.6 Å². The first-order valence-electron chi connectivity index (χ1n) is 8.71. The van der Waals surface area contributed by atoms with E-state index in [4.69, 9.17) is 18.8 Å². The summed E-state index contributed by atoms with van der Waals surface area (Å²) in [6.45, 7) is 9.19. The van der Waals surface area contributed by atoms with E-state index in [1.807, 2.05) is 0 Å². The summed E-state index contributed by atoms with van der Waals surface area (Å²) in [5.41, 5.74) is 0.326. The van der Waals surface area contributed by atoms with Gasteiger partial charge in [-0.15, -0.1) is 0 Å². The van der Waals surface area contributed by atoms with Gasteiger partial charge in [0.2, 0.25) is 0 Å². The van der Waals surface area contributed by atoms with Crippen LogP contribution in [0.15, 0.2) is 24.3 Å². The molecule has 1 N–H and O–H groups in total. The number of ether oxygens (including phenoxy) is 3. The number of esters is 3.